The molecule has 0 aromatic carbocycles. The summed E-state index contributed by atoms with van der Waals surface area (Å²) in [6.07, 6.45) is 6.74. The summed E-state index contributed by atoms with van der Waals surface area (Å²) in [5, 5.41) is 7.20. The number of pyridine rings is 1. The lowest BCUT2D eigenvalue weighted by molar-refractivity contribution is -0.131. The number of carbonyl (C=O) groups excluding carboxylic acids is 1. The van der Waals surface area contributed by atoms with Crippen LogP contribution in [0.2, 0.25) is 0 Å². The van der Waals surface area contributed by atoms with Gasteiger partial charge in [-0.05, 0) is 37.5 Å². The lowest BCUT2D eigenvalue weighted by Crippen LogP contribution is -2.40. The molecule has 0 unspecified atom stereocenters. The highest BCUT2D eigenvalue weighted by atomic mass is 16.5. The van der Waals surface area contributed by atoms with Gasteiger partial charge in [0, 0.05) is 49.9 Å². The van der Waals surface area contributed by atoms with E-state index in [0.29, 0.717) is 19.7 Å². The number of ether oxygens (including phenoxy) is 1. The molecule has 1 fully saturated rings. The van der Waals surface area contributed by atoms with Gasteiger partial charge in [0.05, 0.1) is 0 Å². The van der Waals surface area contributed by atoms with Gasteiger partial charge in [-0.2, -0.15) is 5.10 Å². The molecule has 6 heteroatoms. The van der Waals surface area contributed by atoms with Crippen LogP contribution in [0.1, 0.15) is 17.7 Å². The average molecular weight is 314 g/mol. The van der Waals surface area contributed by atoms with Gasteiger partial charge < -0.3 is 10.1 Å². The highest BCUT2D eigenvalue weighted by Crippen LogP contribution is 2.22. The lowest BCUT2D eigenvalue weighted by Gasteiger charge is -2.18. The molecule has 1 aliphatic rings. The Morgan fingerprint density at radius 1 is 1.43 bits per heavy atom. The molecule has 6 nitrogen and oxygen atoms in total. The molecule has 1 saturated heterocycles. The normalized spacial score (nSPS) is 20.6. The molecular weight excluding hydrogens is 292 g/mol. The summed E-state index contributed by atoms with van der Waals surface area (Å²) in [7, 11) is 0. The van der Waals surface area contributed by atoms with E-state index in [4.69, 9.17) is 4.74 Å². The summed E-state index contributed by atoms with van der Waals surface area (Å²) in [5.41, 5.74) is 2.17. The third-order valence-corrected chi connectivity index (χ3v) is 4.26. The Hall–Kier alpha value is -2.21. The Morgan fingerprint density at radius 2 is 2.35 bits per heavy atom. The van der Waals surface area contributed by atoms with Crippen LogP contribution in [0.5, 0.6) is 0 Å². The van der Waals surface area contributed by atoms with E-state index in [-0.39, 0.29) is 17.9 Å². The fourth-order valence-corrected chi connectivity index (χ4v) is 2.96. The number of amides is 1. The first-order valence-corrected chi connectivity index (χ1v) is 8.01. The molecule has 0 spiro atoms. The summed E-state index contributed by atoms with van der Waals surface area (Å²) in [5.74, 6) is 0.149. The van der Waals surface area contributed by atoms with Crippen LogP contribution < -0.4 is 5.32 Å². The van der Waals surface area contributed by atoms with E-state index in [1.807, 2.05) is 36.0 Å². The number of nitrogens with zero attached hydrogens (tertiary/aromatic N) is 3. The third kappa shape index (κ3) is 3.96. The van der Waals surface area contributed by atoms with Crippen molar-refractivity contribution >= 4 is 5.91 Å². The summed E-state index contributed by atoms with van der Waals surface area (Å²) in [4.78, 5) is 16.6. The van der Waals surface area contributed by atoms with Crippen LogP contribution in [-0.2, 0) is 22.5 Å². The average Bonchev–Trinajstić information content (AvgIpc) is 3.21. The van der Waals surface area contributed by atoms with E-state index in [1.54, 1.807) is 12.4 Å². The van der Waals surface area contributed by atoms with E-state index in [1.165, 1.54) is 0 Å². The van der Waals surface area contributed by atoms with Crippen molar-refractivity contribution < 1.29 is 9.53 Å². The van der Waals surface area contributed by atoms with Gasteiger partial charge in [0.15, 0.2) is 0 Å². The standard InChI is InChI=1S/C17H22N4O2/c1-13-14(4-2-7-18-13)5-9-19-17(22)16-15(6-11-23-16)12-21-10-3-8-20-21/h2-4,7-8,10,15-16H,5-6,9,11-12H2,1H3,(H,19,22)/t15-,16-/m1/s1. The molecule has 2 aromatic rings. The fraction of sp³-hybridized carbons (Fsp3) is 0.471. The first-order valence-electron chi connectivity index (χ1n) is 8.01. The summed E-state index contributed by atoms with van der Waals surface area (Å²) in [6.45, 7) is 3.93. The molecule has 0 aliphatic carbocycles. The number of rotatable bonds is 6. The van der Waals surface area contributed by atoms with E-state index < -0.39 is 0 Å². The second kappa shape index (κ2) is 7.37. The quantitative estimate of drug-likeness (QED) is 0.874. The first kappa shape index (κ1) is 15.7. The Balaban J connectivity index is 1.50. The highest BCUT2D eigenvalue weighted by Gasteiger charge is 2.34. The van der Waals surface area contributed by atoms with Crippen molar-refractivity contribution in [2.24, 2.45) is 5.92 Å². The van der Waals surface area contributed by atoms with Crippen LogP contribution in [0.15, 0.2) is 36.8 Å². The van der Waals surface area contributed by atoms with Crippen LogP contribution in [0, 0.1) is 12.8 Å². The number of aromatic nitrogens is 3. The zero-order valence-electron chi connectivity index (χ0n) is 13.3. The van der Waals surface area contributed by atoms with Gasteiger partial charge in [0.25, 0.3) is 0 Å². The molecule has 1 amide bonds. The van der Waals surface area contributed by atoms with Gasteiger partial charge in [-0.1, -0.05) is 6.07 Å². The van der Waals surface area contributed by atoms with Gasteiger partial charge in [0.2, 0.25) is 5.91 Å². The second-order valence-corrected chi connectivity index (χ2v) is 5.86. The predicted octanol–water partition coefficient (Wildman–Crippen LogP) is 1.35. The van der Waals surface area contributed by atoms with Crippen LogP contribution in [0.4, 0.5) is 0 Å². The first-order chi connectivity index (χ1) is 11.2. The van der Waals surface area contributed by atoms with Crippen molar-refractivity contribution in [3.8, 4) is 0 Å². The van der Waals surface area contributed by atoms with Crippen molar-refractivity contribution in [2.75, 3.05) is 13.2 Å². The highest BCUT2D eigenvalue weighted by molar-refractivity contribution is 5.81. The third-order valence-electron chi connectivity index (χ3n) is 4.26. The monoisotopic (exact) mass is 314 g/mol. The van der Waals surface area contributed by atoms with Gasteiger partial charge in [-0.15, -0.1) is 0 Å². The van der Waals surface area contributed by atoms with Crippen LogP contribution in [0.25, 0.3) is 0 Å². The summed E-state index contributed by atoms with van der Waals surface area (Å²) in [6, 6.07) is 5.85. The van der Waals surface area contributed by atoms with Crippen molar-refractivity contribution in [2.45, 2.75) is 32.4 Å². The molecule has 2 aromatic heterocycles. The minimum Gasteiger partial charge on any atom is -0.368 e. The molecule has 122 valence electrons. The second-order valence-electron chi connectivity index (χ2n) is 5.86. The zero-order chi connectivity index (χ0) is 16.1. The molecule has 1 N–H and O–H groups in total. The molecule has 3 heterocycles. The van der Waals surface area contributed by atoms with Gasteiger partial charge in [0.1, 0.15) is 6.10 Å². The molecule has 0 bridgehead atoms. The van der Waals surface area contributed by atoms with E-state index >= 15 is 0 Å². The molecule has 0 radical (unpaired) electrons. The maximum Gasteiger partial charge on any atom is 0.249 e. The maximum atomic E-state index is 12.4. The number of nitrogens with one attached hydrogen (secondary N) is 1. The minimum absolute atomic E-state index is 0.0267. The zero-order valence-corrected chi connectivity index (χ0v) is 13.3. The maximum absolute atomic E-state index is 12.4. The molecular formula is C17H22N4O2. The van der Waals surface area contributed by atoms with Gasteiger partial charge >= 0.3 is 0 Å². The number of hydrogen-bond donors (Lipinski definition) is 1. The predicted molar refractivity (Wildman–Crippen MR) is 85.8 cm³/mol. The SMILES string of the molecule is Cc1ncccc1CCNC(=O)[C@@H]1OCC[C@@H]1Cn1cccn1. The number of aryl methyl sites for hydroxylation is 1. The summed E-state index contributed by atoms with van der Waals surface area (Å²) >= 11 is 0. The van der Waals surface area contributed by atoms with Crippen LogP contribution in [0.3, 0.4) is 0 Å². The van der Waals surface area contributed by atoms with Crippen molar-refractivity contribution in [3.05, 3.63) is 48.0 Å². The van der Waals surface area contributed by atoms with Crippen LogP contribution in [-0.4, -0.2) is 39.9 Å². The molecule has 23 heavy (non-hydrogen) atoms. The Labute approximate surface area is 135 Å². The lowest BCUT2D eigenvalue weighted by atomic mass is 10.0. The van der Waals surface area contributed by atoms with E-state index in [2.05, 4.69) is 15.4 Å². The Kier molecular flexibility index (Phi) is 5.02. The number of hydrogen-bond acceptors (Lipinski definition) is 4. The smallest absolute Gasteiger partial charge is 0.249 e. The van der Waals surface area contributed by atoms with Gasteiger partial charge in [-0.25, -0.2) is 0 Å². The van der Waals surface area contributed by atoms with E-state index in [0.717, 1.165) is 24.1 Å². The Bertz CT molecular complexity index is 642. The van der Waals surface area contributed by atoms with Gasteiger partial charge in [-0.3, -0.25) is 14.5 Å². The minimum atomic E-state index is -0.380. The Morgan fingerprint density at radius 3 is 3.13 bits per heavy atom. The van der Waals surface area contributed by atoms with Crippen LogP contribution >= 0.6 is 0 Å². The molecule has 1 aliphatic heterocycles. The molecule has 3 rings (SSSR count). The molecule has 2 atom stereocenters. The van der Waals surface area contributed by atoms with Crippen molar-refractivity contribution in [3.63, 3.8) is 0 Å². The summed E-state index contributed by atoms with van der Waals surface area (Å²) < 4.78 is 7.50. The topological polar surface area (TPSA) is 69.0 Å². The van der Waals surface area contributed by atoms with Crippen molar-refractivity contribution in [1.29, 1.82) is 0 Å². The van der Waals surface area contributed by atoms with Crippen molar-refractivity contribution in [1.82, 2.24) is 20.1 Å². The largest absolute Gasteiger partial charge is 0.368 e. The van der Waals surface area contributed by atoms with E-state index in [9.17, 15) is 4.79 Å². The molecule has 0 saturated carbocycles. The fourth-order valence-electron chi connectivity index (χ4n) is 2.96. The number of carbonyl (C=O) groups is 1.